The Kier molecular flexibility index (Phi) is 3.23. The maximum Gasteiger partial charge on any atom is 0.305 e. The SMILES string of the molecule is CC(C)/C(N)=C(/C=N)[N+](=O)[O-]. The summed E-state index contributed by atoms with van der Waals surface area (Å²) >= 11 is 0. The van der Waals surface area contributed by atoms with E-state index < -0.39 is 4.92 Å². The molecular weight excluding hydrogens is 146 g/mol. The van der Waals surface area contributed by atoms with Crippen LogP contribution in [0.2, 0.25) is 0 Å². The zero-order chi connectivity index (χ0) is 9.02. The zero-order valence-electron chi connectivity index (χ0n) is 6.50. The lowest BCUT2D eigenvalue weighted by Gasteiger charge is -2.02. The molecule has 0 fully saturated rings. The summed E-state index contributed by atoms with van der Waals surface area (Å²) in [5.74, 6) is -0.100. The molecule has 0 radical (unpaired) electrons. The minimum Gasteiger partial charge on any atom is -0.396 e. The third-order valence-corrected chi connectivity index (χ3v) is 1.25. The lowest BCUT2D eigenvalue weighted by molar-refractivity contribution is -0.415. The average Bonchev–Trinajstić information content (AvgIpc) is 1.88. The van der Waals surface area contributed by atoms with Gasteiger partial charge < -0.3 is 11.1 Å². The summed E-state index contributed by atoms with van der Waals surface area (Å²) in [7, 11) is 0. The number of hydrogen-bond acceptors (Lipinski definition) is 4. The molecule has 0 atom stereocenters. The summed E-state index contributed by atoms with van der Waals surface area (Å²) in [5, 5.41) is 16.9. The predicted octanol–water partition coefficient (Wildman–Crippen LogP) is 0.739. The van der Waals surface area contributed by atoms with Crippen molar-refractivity contribution in [3.8, 4) is 0 Å². The van der Waals surface area contributed by atoms with Crippen LogP contribution in [0, 0.1) is 21.4 Å². The normalized spacial score (nSPS) is 12.6. The van der Waals surface area contributed by atoms with E-state index in [2.05, 4.69) is 0 Å². The molecule has 0 bridgehead atoms. The number of rotatable bonds is 3. The van der Waals surface area contributed by atoms with Crippen molar-refractivity contribution in [2.75, 3.05) is 0 Å². The molecule has 5 heteroatoms. The molecule has 0 aliphatic heterocycles. The molecule has 5 nitrogen and oxygen atoms in total. The number of nitrogens with zero attached hydrogens (tertiary/aromatic N) is 1. The fourth-order valence-corrected chi connectivity index (χ4v) is 0.537. The third kappa shape index (κ3) is 2.37. The van der Waals surface area contributed by atoms with E-state index in [1.165, 1.54) is 0 Å². The zero-order valence-corrected chi connectivity index (χ0v) is 6.50. The van der Waals surface area contributed by atoms with E-state index >= 15 is 0 Å². The Hall–Kier alpha value is -1.39. The van der Waals surface area contributed by atoms with Crippen LogP contribution in [0.5, 0.6) is 0 Å². The highest BCUT2D eigenvalue weighted by atomic mass is 16.6. The van der Waals surface area contributed by atoms with Gasteiger partial charge in [-0.25, -0.2) is 0 Å². The monoisotopic (exact) mass is 157 g/mol. The van der Waals surface area contributed by atoms with Crippen LogP contribution < -0.4 is 5.73 Å². The van der Waals surface area contributed by atoms with Crippen molar-refractivity contribution in [1.82, 2.24) is 0 Å². The molecule has 0 aromatic rings. The summed E-state index contributed by atoms with van der Waals surface area (Å²) in [5.41, 5.74) is 5.18. The van der Waals surface area contributed by atoms with Crippen LogP contribution >= 0.6 is 0 Å². The number of nitro groups is 1. The van der Waals surface area contributed by atoms with Gasteiger partial charge in [-0.3, -0.25) is 10.1 Å². The Morgan fingerprint density at radius 1 is 1.73 bits per heavy atom. The van der Waals surface area contributed by atoms with Crippen molar-refractivity contribution in [3.63, 3.8) is 0 Å². The van der Waals surface area contributed by atoms with E-state index in [1.54, 1.807) is 13.8 Å². The van der Waals surface area contributed by atoms with E-state index in [9.17, 15) is 10.1 Å². The van der Waals surface area contributed by atoms with E-state index in [0.29, 0.717) is 6.21 Å². The van der Waals surface area contributed by atoms with E-state index in [4.69, 9.17) is 11.1 Å². The van der Waals surface area contributed by atoms with Crippen LogP contribution in [-0.2, 0) is 0 Å². The van der Waals surface area contributed by atoms with Gasteiger partial charge >= 0.3 is 5.70 Å². The fourth-order valence-electron chi connectivity index (χ4n) is 0.537. The topological polar surface area (TPSA) is 93.0 Å². The third-order valence-electron chi connectivity index (χ3n) is 1.25. The van der Waals surface area contributed by atoms with Crippen LogP contribution in [0.1, 0.15) is 13.8 Å². The maximum absolute atomic E-state index is 10.2. The molecule has 0 aromatic heterocycles. The van der Waals surface area contributed by atoms with E-state index in [0.717, 1.165) is 0 Å². The van der Waals surface area contributed by atoms with Crippen molar-refractivity contribution in [3.05, 3.63) is 21.5 Å². The molecule has 11 heavy (non-hydrogen) atoms. The Morgan fingerprint density at radius 2 is 2.18 bits per heavy atom. The first-order valence-corrected chi connectivity index (χ1v) is 3.15. The molecule has 3 N–H and O–H groups in total. The Labute approximate surface area is 64.6 Å². The van der Waals surface area contributed by atoms with Gasteiger partial charge in [0.2, 0.25) is 0 Å². The summed E-state index contributed by atoms with van der Waals surface area (Å²) in [4.78, 5) is 9.54. The summed E-state index contributed by atoms with van der Waals surface area (Å²) in [6.45, 7) is 3.48. The van der Waals surface area contributed by atoms with Gasteiger partial charge in [-0.2, -0.15) is 0 Å². The number of nitrogens with one attached hydrogen (secondary N) is 1. The first-order valence-electron chi connectivity index (χ1n) is 3.15. The van der Waals surface area contributed by atoms with Gasteiger partial charge in [0.05, 0.1) is 16.8 Å². The lowest BCUT2D eigenvalue weighted by atomic mass is 10.1. The number of nitrogens with two attached hydrogens (primary N) is 1. The van der Waals surface area contributed by atoms with Gasteiger partial charge in [-0.15, -0.1) is 0 Å². The molecule has 0 heterocycles. The molecule has 0 unspecified atom stereocenters. The summed E-state index contributed by atoms with van der Waals surface area (Å²) in [6, 6.07) is 0. The van der Waals surface area contributed by atoms with Crippen LogP contribution in [-0.4, -0.2) is 11.1 Å². The quantitative estimate of drug-likeness (QED) is 0.359. The molecule has 0 aliphatic carbocycles. The van der Waals surface area contributed by atoms with Gasteiger partial charge in [0.1, 0.15) is 0 Å². The maximum atomic E-state index is 10.2. The molecule has 62 valence electrons. The molecule has 0 spiro atoms. The lowest BCUT2D eigenvalue weighted by Crippen LogP contribution is -2.14. The van der Waals surface area contributed by atoms with Gasteiger partial charge in [0.25, 0.3) is 0 Å². The fraction of sp³-hybridized carbons (Fsp3) is 0.500. The predicted molar refractivity (Wildman–Crippen MR) is 41.8 cm³/mol. The standard InChI is InChI=1S/C6H11N3O2/c1-4(2)6(8)5(3-7)9(10)11/h3-4,7H,8H2,1-2H3/b6-5+,7-3?. The van der Waals surface area contributed by atoms with Crippen molar-refractivity contribution in [2.45, 2.75) is 13.8 Å². The van der Waals surface area contributed by atoms with Gasteiger partial charge in [0.15, 0.2) is 0 Å². The summed E-state index contributed by atoms with van der Waals surface area (Å²) < 4.78 is 0. The van der Waals surface area contributed by atoms with Gasteiger partial charge in [0, 0.05) is 0 Å². The second-order valence-corrected chi connectivity index (χ2v) is 2.40. The molecule has 0 rings (SSSR count). The van der Waals surface area contributed by atoms with Crippen LogP contribution in [0.3, 0.4) is 0 Å². The van der Waals surface area contributed by atoms with Gasteiger partial charge in [-0.1, -0.05) is 13.8 Å². The minimum absolute atomic E-state index is 0.100. The first kappa shape index (κ1) is 9.61. The average molecular weight is 157 g/mol. The molecule has 0 saturated carbocycles. The second-order valence-electron chi connectivity index (χ2n) is 2.40. The summed E-state index contributed by atoms with van der Waals surface area (Å²) in [6.07, 6.45) is 0.662. The second kappa shape index (κ2) is 3.70. The number of hydrogen-bond donors (Lipinski definition) is 2. The van der Waals surface area contributed by atoms with Crippen LogP contribution in [0.15, 0.2) is 11.4 Å². The largest absolute Gasteiger partial charge is 0.396 e. The molecule has 0 aliphatic rings. The highest BCUT2D eigenvalue weighted by Gasteiger charge is 2.14. The van der Waals surface area contributed by atoms with Crippen LogP contribution in [0.4, 0.5) is 0 Å². The van der Waals surface area contributed by atoms with Crippen molar-refractivity contribution >= 4 is 6.21 Å². The highest BCUT2D eigenvalue weighted by molar-refractivity contribution is 5.73. The van der Waals surface area contributed by atoms with Crippen LogP contribution in [0.25, 0.3) is 0 Å². The Balaban J connectivity index is 4.83. The van der Waals surface area contributed by atoms with Crippen molar-refractivity contribution < 1.29 is 4.92 Å². The molecular formula is C6H11N3O2. The molecule has 0 amide bonds. The smallest absolute Gasteiger partial charge is 0.305 e. The van der Waals surface area contributed by atoms with Gasteiger partial charge in [-0.05, 0) is 5.92 Å². The Bertz CT molecular complexity index is 208. The minimum atomic E-state index is -0.650. The van der Waals surface area contributed by atoms with Crippen molar-refractivity contribution in [2.24, 2.45) is 11.7 Å². The van der Waals surface area contributed by atoms with Crippen molar-refractivity contribution in [1.29, 1.82) is 5.41 Å². The first-order chi connectivity index (χ1) is 5.00. The Morgan fingerprint density at radius 3 is 2.27 bits per heavy atom. The number of allylic oxidation sites excluding steroid dienone is 2. The van der Waals surface area contributed by atoms with E-state index in [-0.39, 0.29) is 17.3 Å². The molecule has 0 aromatic carbocycles. The molecule has 0 saturated heterocycles. The highest BCUT2D eigenvalue weighted by Crippen LogP contribution is 2.07. The van der Waals surface area contributed by atoms with E-state index in [1.807, 2.05) is 0 Å².